The number of aromatic carboxylic acids is 1. The quantitative estimate of drug-likeness (QED) is 0.750. The molecule has 6 heteroatoms. The molecule has 1 aromatic rings. The third-order valence-corrected chi connectivity index (χ3v) is 4.88. The summed E-state index contributed by atoms with van der Waals surface area (Å²) in [6, 6.07) is 6.28. The fourth-order valence-corrected chi connectivity index (χ4v) is 2.57. The molecule has 20 heavy (non-hydrogen) atoms. The zero-order chi connectivity index (χ0) is 14.6. The highest BCUT2D eigenvalue weighted by molar-refractivity contribution is 8.00. The highest BCUT2D eigenvalue weighted by Crippen LogP contribution is 2.46. The molecule has 0 atom stereocenters. The Morgan fingerprint density at radius 2 is 1.90 bits per heavy atom. The summed E-state index contributed by atoms with van der Waals surface area (Å²) in [5, 5.41) is 14.4. The number of rotatable bonds is 6. The molecule has 1 aromatic carbocycles. The maximum absolute atomic E-state index is 11.7. The SMILES string of the molecule is CSC1(CNC(=O)NCc2ccc(C(=O)O)cc2)CC1. The van der Waals surface area contributed by atoms with Crippen LogP contribution in [-0.2, 0) is 6.54 Å². The van der Waals surface area contributed by atoms with Gasteiger partial charge >= 0.3 is 12.0 Å². The Hall–Kier alpha value is -1.69. The number of carbonyl (C=O) groups excluding carboxylic acids is 1. The lowest BCUT2D eigenvalue weighted by molar-refractivity contribution is 0.0697. The predicted molar refractivity (Wildman–Crippen MR) is 79.1 cm³/mol. The van der Waals surface area contributed by atoms with Crippen molar-refractivity contribution in [3.05, 3.63) is 35.4 Å². The topological polar surface area (TPSA) is 78.4 Å². The minimum Gasteiger partial charge on any atom is -0.478 e. The molecule has 1 fully saturated rings. The Kier molecular flexibility index (Phi) is 4.54. The fraction of sp³-hybridized carbons (Fsp3) is 0.429. The van der Waals surface area contributed by atoms with Gasteiger partial charge in [-0.25, -0.2) is 9.59 Å². The van der Waals surface area contributed by atoms with Crippen LogP contribution in [0.1, 0.15) is 28.8 Å². The van der Waals surface area contributed by atoms with Crippen molar-refractivity contribution in [1.29, 1.82) is 0 Å². The Morgan fingerprint density at radius 1 is 1.25 bits per heavy atom. The van der Waals surface area contributed by atoms with Crippen LogP contribution in [0.25, 0.3) is 0 Å². The molecule has 0 heterocycles. The summed E-state index contributed by atoms with van der Waals surface area (Å²) in [7, 11) is 0. The molecule has 0 unspecified atom stereocenters. The number of carbonyl (C=O) groups is 2. The van der Waals surface area contributed by atoms with E-state index in [0.717, 1.165) is 18.4 Å². The van der Waals surface area contributed by atoms with Gasteiger partial charge in [-0.3, -0.25) is 0 Å². The van der Waals surface area contributed by atoms with Crippen molar-refractivity contribution in [3.63, 3.8) is 0 Å². The zero-order valence-corrected chi connectivity index (χ0v) is 12.1. The van der Waals surface area contributed by atoms with Crippen molar-refractivity contribution in [2.45, 2.75) is 24.1 Å². The number of urea groups is 1. The normalized spacial score (nSPS) is 15.4. The van der Waals surface area contributed by atoms with E-state index in [2.05, 4.69) is 16.9 Å². The number of nitrogens with one attached hydrogen (secondary N) is 2. The van der Waals surface area contributed by atoms with Crippen LogP contribution in [0.4, 0.5) is 4.79 Å². The first-order chi connectivity index (χ1) is 9.54. The van der Waals surface area contributed by atoms with E-state index in [0.29, 0.717) is 13.1 Å². The van der Waals surface area contributed by atoms with E-state index in [9.17, 15) is 9.59 Å². The molecule has 1 aliphatic rings. The number of benzene rings is 1. The summed E-state index contributed by atoms with van der Waals surface area (Å²) in [4.78, 5) is 22.4. The van der Waals surface area contributed by atoms with Crippen molar-refractivity contribution in [3.8, 4) is 0 Å². The van der Waals surface area contributed by atoms with E-state index in [4.69, 9.17) is 5.11 Å². The second-order valence-corrected chi connectivity index (χ2v) is 6.20. The minimum atomic E-state index is -0.950. The maximum Gasteiger partial charge on any atom is 0.335 e. The monoisotopic (exact) mass is 294 g/mol. The van der Waals surface area contributed by atoms with Gasteiger partial charge in [0.15, 0.2) is 0 Å². The van der Waals surface area contributed by atoms with Gasteiger partial charge in [-0.15, -0.1) is 0 Å². The molecule has 0 bridgehead atoms. The van der Waals surface area contributed by atoms with Gasteiger partial charge in [-0.05, 0) is 36.8 Å². The van der Waals surface area contributed by atoms with E-state index >= 15 is 0 Å². The third-order valence-electron chi connectivity index (χ3n) is 3.47. The number of amides is 2. The lowest BCUT2D eigenvalue weighted by atomic mass is 10.1. The first kappa shape index (κ1) is 14.7. The smallest absolute Gasteiger partial charge is 0.335 e. The summed E-state index contributed by atoms with van der Waals surface area (Å²) in [5.41, 5.74) is 1.12. The Balaban J connectivity index is 1.74. The first-order valence-corrected chi connectivity index (χ1v) is 7.66. The van der Waals surface area contributed by atoms with E-state index in [1.54, 1.807) is 23.9 Å². The van der Waals surface area contributed by atoms with Crippen LogP contribution in [0.2, 0.25) is 0 Å². The van der Waals surface area contributed by atoms with Gasteiger partial charge in [0.1, 0.15) is 0 Å². The Morgan fingerprint density at radius 3 is 2.40 bits per heavy atom. The first-order valence-electron chi connectivity index (χ1n) is 6.44. The predicted octanol–water partition coefficient (Wildman–Crippen LogP) is 2.08. The molecule has 3 N–H and O–H groups in total. The molecule has 0 aromatic heterocycles. The average Bonchev–Trinajstić information content (AvgIpc) is 3.24. The molecule has 2 amide bonds. The summed E-state index contributed by atoms with van der Waals surface area (Å²) in [5.74, 6) is -0.950. The minimum absolute atomic E-state index is 0.187. The second-order valence-electron chi connectivity index (χ2n) is 4.93. The van der Waals surface area contributed by atoms with Crippen molar-refractivity contribution in [1.82, 2.24) is 10.6 Å². The number of thioether (sulfide) groups is 1. The second kappa shape index (κ2) is 6.17. The number of hydrogen-bond donors (Lipinski definition) is 3. The largest absolute Gasteiger partial charge is 0.478 e. The molecule has 1 aliphatic carbocycles. The average molecular weight is 294 g/mol. The molecule has 1 saturated carbocycles. The van der Waals surface area contributed by atoms with Crippen molar-refractivity contribution in [2.24, 2.45) is 0 Å². The third kappa shape index (κ3) is 3.90. The van der Waals surface area contributed by atoms with E-state index in [1.165, 1.54) is 12.1 Å². The molecular formula is C14H18N2O3S. The lowest BCUT2D eigenvalue weighted by Gasteiger charge is -2.13. The van der Waals surface area contributed by atoms with E-state index in [-0.39, 0.29) is 16.3 Å². The summed E-state index contributed by atoms with van der Waals surface area (Å²) < 4.78 is 0.250. The highest BCUT2D eigenvalue weighted by Gasteiger charge is 2.41. The van der Waals surface area contributed by atoms with E-state index < -0.39 is 5.97 Å². The van der Waals surface area contributed by atoms with Crippen molar-refractivity contribution < 1.29 is 14.7 Å². The van der Waals surface area contributed by atoms with Crippen LogP contribution in [0, 0.1) is 0 Å². The van der Waals surface area contributed by atoms with Crippen molar-refractivity contribution >= 4 is 23.8 Å². The van der Waals surface area contributed by atoms with Gasteiger partial charge < -0.3 is 15.7 Å². The molecule has 2 rings (SSSR count). The summed E-state index contributed by atoms with van der Waals surface area (Å²) >= 11 is 1.80. The van der Waals surface area contributed by atoms with Crippen LogP contribution in [0.15, 0.2) is 24.3 Å². The Bertz CT molecular complexity index is 498. The fourth-order valence-electron chi connectivity index (χ4n) is 1.84. The zero-order valence-electron chi connectivity index (χ0n) is 11.3. The van der Waals surface area contributed by atoms with Gasteiger partial charge in [0.2, 0.25) is 0 Å². The number of hydrogen-bond acceptors (Lipinski definition) is 3. The molecule has 0 aliphatic heterocycles. The van der Waals surface area contributed by atoms with Crippen LogP contribution in [0.5, 0.6) is 0 Å². The standard InChI is InChI=1S/C14H18N2O3S/c1-20-14(6-7-14)9-16-13(19)15-8-10-2-4-11(5-3-10)12(17)18/h2-5H,6-9H2,1H3,(H,17,18)(H2,15,16,19). The Labute approximate surface area is 122 Å². The molecule has 0 spiro atoms. The maximum atomic E-state index is 11.7. The van der Waals surface area contributed by atoms with Gasteiger partial charge in [-0.1, -0.05) is 12.1 Å². The lowest BCUT2D eigenvalue weighted by Crippen LogP contribution is -2.39. The van der Waals surface area contributed by atoms with Crippen LogP contribution in [-0.4, -0.2) is 34.7 Å². The van der Waals surface area contributed by atoms with Gasteiger partial charge in [0, 0.05) is 17.8 Å². The number of carboxylic acid groups (broad SMARTS) is 1. The highest BCUT2D eigenvalue weighted by atomic mass is 32.2. The number of carboxylic acids is 1. The molecule has 5 nitrogen and oxygen atoms in total. The summed E-state index contributed by atoms with van der Waals surface area (Å²) in [6.45, 7) is 1.08. The van der Waals surface area contributed by atoms with E-state index in [1.807, 2.05) is 0 Å². The van der Waals surface area contributed by atoms with Crippen LogP contribution >= 0.6 is 11.8 Å². The molecular weight excluding hydrogens is 276 g/mol. The molecule has 0 saturated heterocycles. The van der Waals surface area contributed by atoms with Crippen molar-refractivity contribution in [2.75, 3.05) is 12.8 Å². The van der Waals surface area contributed by atoms with Gasteiger partial charge in [0.05, 0.1) is 5.56 Å². The summed E-state index contributed by atoms with van der Waals surface area (Å²) in [6.07, 6.45) is 4.38. The molecule has 0 radical (unpaired) electrons. The van der Waals surface area contributed by atoms with Crippen LogP contribution in [0.3, 0.4) is 0 Å². The van der Waals surface area contributed by atoms with Gasteiger partial charge in [-0.2, -0.15) is 11.8 Å². The van der Waals surface area contributed by atoms with Gasteiger partial charge in [0.25, 0.3) is 0 Å². The molecule has 108 valence electrons. The van der Waals surface area contributed by atoms with Crippen LogP contribution < -0.4 is 10.6 Å².